The van der Waals surface area contributed by atoms with E-state index in [0.717, 1.165) is 21.6 Å². The summed E-state index contributed by atoms with van der Waals surface area (Å²) in [6.07, 6.45) is -0.904. The highest BCUT2D eigenvalue weighted by Gasteiger charge is 2.36. The van der Waals surface area contributed by atoms with Crippen molar-refractivity contribution >= 4 is 23.6 Å². The van der Waals surface area contributed by atoms with Crippen LogP contribution in [0, 0.1) is 32.1 Å². The molecule has 2 rings (SSSR count). The van der Waals surface area contributed by atoms with E-state index in [0.29, 0.717) is 11.3 Å². The summed E-state index contributed by atoms with van der Waals surface area (Å²) in [5.74, 6) is -1.33. The van der Waals surface area contributed by atoms with E-state index in [4.69, 9.17) is 4.74 Å². The minimum atomic E-state index is -1.42. The van der Waals surface area contributed by atoms with Crippen LogP contribution in [-0.4, -0.2) is 52.7 Å². The Morgan fingerprint density at radius 3 is 2.14 bits per heavy atom. The van der Waals surface area contributed by atoms with Gasteiger partial charge in [0.25, 0.3) is 5.91 Å². The van der Waals surface area contributed by atoms with Crippen LogP contribution < -0.4 is 10.6 Å². The van der Waals surface area contributed by atoms with E-state index >= 15 is 0 Å². The maximum atomic E-state index is 13.7. The molecule has 0 aromatic heterocycles. The largest absolute Gasteiger partial charge is 0.444 e. The molecule has 0 aliphatic heterocycles. The first-order valence-corrected chi connectivity index (χ1v) is 11.6. The molecule has 192 valence electrons. The molecular weight excluding hydrogens is 460 g/mol. The molecule has 3 amide bonds. The van der Waals surface area contributed by atoms with E-state index in [-0.39, 0.29) is 0 Å². The molecule has 0 aliphatic rings. The van der Waals surface area contributed by atoms with Gasteiger partial charge >= 0.3 is 6.09 Å². The van der Waals surface area contributed by atoms with E-state index in [2.05, 4.69) is 10.6 Å². The van der Waals surface area contributed by atoms with Crippen molar-refractivity contribution in [3.8, 4) is 6.07 Å². The number of nitrogens with one attached hydrogen (secondary N) is 2. The molecule has 2 unspecified atom stereocenters. The minimum Gasteiger partial charge on any atom is -0.444 e. The highest BCUT2D eigenvalue weighted by molar-refractivity contribution is 6.00. The number of para-hydroxylation sites is 1. The fraction of sp³-hybridized carbons (Fsp3) is 0.407. The molecule has 0 fully saturated rings. The van der Waals surface area contributed by atoms with Crippen LogP contribution in [0.15, 0.2) is 42.5 Å². The molecule has 0 bridgehead atoms. The van der Waals surface area contributed by atoms with Crippen LogP contribution in [0.2, 0.25) is 0 Å². The van der Waals surface area contributed by atoms with Crippen LogP contribution in [-0.2, 0) is 14.3 Å². The number of hydrogen-bond donors (Lipinski definition) is 3. The number of ether oxygens (including phenoxy) is 1. The Labute approximate surface area is 212 Å². The molecular formula is C27H34N4O5. The van der Waals surface area contributed by atoms with Crippen LogP contribution >= 0.6 is 0 Å². The molecule has 0 aliphatic carbocycles. The van der Waals surface area contributed by atoms with Crippen LogP contribution in [0.3, 0.4) is 0 Å². The Balaban J connectivity index is 2.48. The quantitative estimate of drug-likeness (QED) is 0.481. The van der Waals surface area contributed by atoms with Crippen molar-refractivity contribution in [3.05, 3.63) is 64.7 Å². The predicted molar refractivity (Wildman–Crippen MR) is 136 cm³/mol. The van der Waals surface area contributed by atoms with Gasteiger partial charge in [0.2, 0.25) is 5.91 Å². The smallest absolute Gasteiger partial charge is 0.408 e. The van der Waals surface area contributed by atoms with Crippen molar-refractivity contribution < 1.29 is 24.2 Å². The van der Waals surface area contributed by atoms with Crippen molar-refractivity contribution in [1.29, 1.82) is 5.26 Å². The number of nitrogens with zero attached hydrogens (tertiary/aromatic N) is 2. The minimum absolute atomic E-state index is 0.454. The number of aliphatic hydroxyl groups is 1. The van der Waals surface area contributed by atoms with Gasteiger partial charge in [0.1, 0.15) is 24.2 Å². The van der Waals surface area contributed by atoms with Gasteiger partial charge in [-0.3, -0.25) is 9.59 Å². The lowest BCUT2D eigenvalue weighted by molar-refractivity contribution is -0.140. The van der Waals surface area contributed by atoms with Gasteiger partial charge in [-0.05, 0) is 58.2 Å². The standard InChI is InChI=1S/C27H34N4O5/c1-17-10-12-20(13-11-17)23(24(33)30-22-18(2)8-7-9-19(22)3)31(15-14-28)25(34)21(16-32)29-26(35)36-27(4,5)6/h7-13,21,23,32H,15-16H2,1-6H3,(H,29,35)(H,30,33). The van der Waals surface area contributed by atoms with Gasteiger partial charge in [-0.2, -0.15) is 5.26 Å². The van der Waals surface area contributed by atoms with Gasteiger partial charge in [-0.25, -0.2) is 4.79 Å². The number of hydrogen-bond acceptors (Lipinski definition) is 6. The van der Waals surface area contributed by atoms with Crippen molar-refractivity contribution in [2.45, 2.75) is 59.2 Å². The molecule has 0 saturated heterocycles. The third-order valence-electron chi connectivity index (χ3n) is 5.38. The third kappa shape index (κ3) is 7.55. The lowest BCUT2D eigenvalue weighted by Crippen LogP contribution is -2.54. The number of aliphatic hydroxyl groups excluding tert-OH is 1. The second-order valence-corrected chi connectivity index (χ2v) is 9.57. The zero-order chi connectivity index (χ0) is 27.0. The normalized spacial score (nSPS) is 12.6. The van der Waals surface area contributed by atoms with Gasteiger partial charge in [0, 0.05) is 5.69 Å². The molecule has 9 heteroatoms. The molecule has 0 heterocycles. The molecule has 3 N–H and O–H groups in total. The molecule has 2 aromatic rings. The van der Waals surface area contributed by atoms with Crippen molar-refractivity contribution in [2.24, 2.45) is 0 Å². The van der Waals surface area contributed by atoms with Gasteiger partial charge in [-0.1, -0.05) is 48.0 Å². The van der Waals surface area contributed by atoms with Crippen molar-refractivity contribution in [1.82, 2.24) is 10.2 Å². The van der Waals surface area contributed by atoms with Crippen LogP contribution in [0.25, 0.3) is 0 Å². The number of nitriles is 1. The zero-order valence-electron chi connectivity index (χ0n) is 21.6. The summed E-state index contributed by atoms with van der Waals surface area (Å²) in [6, 6.07) is 11.9. The lowest BCUT2D eigenvalue weighted by Gasteiger charge is -2.32. The first-order valence-electron chi connectivity index (χ1n) is 11.6. The molecule has 36 heavy (non-hydrogen) atoms. The summed E-state index contributed by atoms with van der Waals surface area (Å²) >= 11 is 0. The number of anilines is 1. The summed E-state index contributed by atoms with van der Waals surface area (Å²) in [7, 11) is 0. The number of alkyl carbamates (subject to hydrolysis) is 1. The molecule has 2 aromatic carbocycles. The Kier molecular flexibility index (Phi) is 9.59. The average Bonchev–Trinajstić information content (AvgIpc) is 2.79. The van der Waals surface area contributed by atoms with E-state index in [1.54, 1.807) is 45.0 Å². The average molecular weight is 495 g/mol. The molecule has 9 nitrogen and oxygen atoms in total. The Bertz CT molecular complexity index is 1110. The van der Waals surface area contributed by atoms with Gasteiger partial charge in [0.15, 0.2) is 0 Å². The van der Waals surface area contributed by atoms with Crippen molar-refractivity contribution in [2.75, 3.05) is 18.5 Å². The van der Waals surface area contributed by atoms with Crippen LogP contribution in [0.5, 0.6) is 0 Å². The Hall–Kier alpha value is -3.90. The van der Waals surface area contributed by atoms with Gasteiger partial charge in [-0.15, -0.1) is 0 Å². The molecule has 2 atom stereocenters. The number of carbonyl (C=O) groups is 3. The van der Waals surface area contributed by atoms with Crippen LogP contribution in [0.4, 0.5) is 10.5 Å². The second-order valence-electron chi connectivity index (χ2n) is 9.57. The SMILES string of the molecule is Cc1ccc(C(C(=O)Nc2c(C)cccc2C)N(CC#N)C(=O)C(CO)NC(=O)OC(C)(C)C)cc1. The maximum absolute atomic E-state index is 13.7. The first-order chi connectivity index (χ1) is 16.9. The number of benzene rings is 2. The summed E-state index contributed by atoms with van der Waals surface area (Å²) < 4.78 is 5.19. The highest BCUT2D eigenvalue weighted by atomic mass is 16.6. The fourth-order valence-electron chi connectivity index (χ4n) is 3.63. The predicted octanol–water partition coefficient (Wildman–Crippen LogP) is 3.53. The molecule has 0 spiro atoms. The fourth-order valence-corrected chi connectivity index (χ4v) is 3.63. The lowest BCUT2D eigenvalue weighted by atomic mass is 10.0. The number of carbonyl (C=O) groups excluding carboxylic acids is 3. The number of amides is 3. The van der Waals surface area contributed by atoms with Crippen molar-refractivity contribution in [3.63, 3.8) is 0 Å². The summed E-state index contributed by atoms with van der Waals surface area (Å²) in [4.78, 5) is 40.5. The third-order valence-corrected chi connectivity index (χ3v) is 5.38. The van der Waals surface area contributed by atoms with Crippen LogP contribution in [0.1, 0.15) is 49.1 Å². The molecule has 0 radical (unpaired) electrons. The highest BCUT2D eigenvalue weighted by Crippen LogP contribution is 2.27. The topological polar surface area (TPSA) is 132 Å². The Morgan fingerprint density at radius 1 is 1.06 bits per heavy atom. The maximum Gasteiger partial charge on any atom is 0.408 e. The summed E-state index contributed by atoms with van der Waals surface area (Å²) in [5, 5.41) is 24.7. The van der Waals surface area contributed by atoms with E-state index < -0.39 is 48.7 Å². The van der Waals surface area contributed by atoms with Gasteiger partial charge in [0.05, 0.1) is 12.7 Å². The van der Waals surface area contributed by atoms with E-state index in [9.17, 15) is 24.8 Å². The zero-order valence-corrected chi connectivity index (χ0v) is 21.6. The monoisotopic (exact) mass is 494 g/mol. The summed E-state index contributed by atoms with van der Waals surface area (Å²) in [6.45, 7) is 9.38. The first kappa shape index (κ1) is 28.3. The van der Waals surface area contributed by atoms with E-state index in [1.807, 2.05) is 45.0 Å². The second kappa shape index (κ2) is 12.2. The number of aryl methyl sites for hydroxylation is 3. The van der Waals surface area contributed by atoms with E-state index in [1.165, 1.54) is 0 Å². The van der Waals surface area contributed by atoms with Gasteiger partial charge < -0.3 is 25.4 Å². The summed E-state index contributed by atoms with van der Waals surface area (Å²) in [5.41, 5.74) is 2.88. The number of rotatable bonds is 8. The Morgan fingerprint density at radius 2 is 1.64 bits per heavy atom. The molecule has 0 saturated carbocycles.